The van der Waals surface area contributed by atoms with Crippen LogP contribution in [0.3, 0.4) is 0 Å². The number of amidine groups is 1. The minimum absolute atomic E-state index is 0.0581. The van der Waals surface area contributed by atoms with Gasteiger partial charge in [-0.3, -0.25) is 5.41 Å². The Morgan fingerprint density at radius 1 is 1.03 bits per heavy atom. The fourth-order valence-electron chi connectivity index (χ4n) is 3.69. The average molecular weight is 518 g/mol. The van der Waals surface area contributed by atoms with Gasteiger partial charge in [-0.25, -0.2) is 0 Å². The molecule has 0 spiro atoms. The van der Waals surface area contributed by atoms with Crippen LogP contribution in [0.25, 0.3) is 0 Å². The summed E-state index contributed by atoms with van der Waals surface area (Å²) in [7, 11) is 0. The van der Waals surface area contributed by atoms with E-state index in [1.54, 1.807) is 24.3 Å². The maximum Gasteiger partial charge on any atom is 0.406 e. The molecule has 4 N–H and O–H groups in total. The second-order valence-corrected chi connectivity index (χ2v) is 8.18. The number of nitrogens with zero attached hydrogens (tertiary/aromatic N) is 4. The molecule has 0 amide bonds. The van der Waals surface area contributed by atoms with Gasteiger partial charge in [-0.15, -0.1) is 0 Å². The molecule has 196 valence electrons. The molecule has 1 aliphatic rings. The van der Waals surface area contributed by atoms with Crippen LogP contribution in [0, 0.1) is 5.41 Å². The summed E-state index contributed by atoms with van der Waals surface area (Å²) in [6.07, 6.45) is -3.77. The Labute approximate surface area is 211 Å². The molecular formula is C24H26F3N7O3. The van der Waals surface area contributed by atoms with Crippen molar-refractivity contribution in [2.75, 3.05) is 30.8 Å². The van der Waals surface area contributed by atoms with Crippen molar-refractivity contribution in [3.63, 3.8) is 0 Å². The third-order valence-corrected chi connectivity index (χ3v) is 5.37. The largest absolute Gasteiger partial charge is 0.457 e. The maximum atomic E-state index is 13.1. The van der Waals surface area contributed by atoms with Gasteiger partial charge >= 0.3 is 6.18 Å². The predicted molar refractivity (Wildman–Crippen MR) is 130 cm³/mol. The molecule has 0 unspecified atom stereocenters. The molecule has 4 rings (SSSR count). The first-order chi connectivity index (χ1) is 17.7. The van der Waals surface area contributed by atoms with Gasteiger partial charge in [-0.05, 0) is 49.2 Å². The number of alkyl halides is 3. The molecule has 0 saturated carbocycles. The summed E-state index contributed by atoms with van der Waals surface area (Å²) in [6.45, 7) is -1.01. The molecule has 2 aromatic carbocycles. The van der Waals surface area contributed by atoms with E-state index in [9.17, 15) is 13.2 Å². The molecule has 10 nitrogen and oxygen atoms in total. The third-order valence-electron chi connectivity index (χ3n) is 5.37. The fourth-order valence-corrected chi connectivity index (χ4v) is 3.69. The second kappa shape index (κ2) is 11.7. The number of anilines is 3. The minimum atomic E-state index is -4.50. The lowest BCUT2D eigenvalue weighted by Crippen LogP contribution is -2.48. The molecule has 37 heavy (non-hydrogen) atoms. The van der Waals surface area contributed by atoms with Gasteiger partial charge in [0.15, 0.2) is 12.4 Å². The Balaban J connectivity index is 1.38. The van der Waals surface area contributed by atoms with Gasteiger partial charge in [0.1, 0.15) is 18.0 Å². The molecule has 1 aliphatic heterocycles. The van der Waals surface area contributed by atoms with E-state index < -0.39 is 24.8 Å². The Morgan fingerprint density at radius 2 is 1.70 bits per heavy atom. The number of nitrogen functional groups attached to an aromatic ring is 1. The number of aromatic nitrogens is 3. The first-order valence-corrected chi connectivity index (χ1v) is 11.5. The van der Waals surface area contributed by atoms with Crippen LogP contribution < -0.4 is 15.8 Å². The number of halogens is 3. The van der Waals surface area contributed by atoms with Crippen molar-refractivity contribution in [2.45, 2.75) is 31.7 Å². The Kier molecular flexibility index (Phi) is 8.23. The summed E-state index contributed by atoms with van der Waals surface area (Å²) in [5, 5.41) is 11.1. The molecule has 0 bridgehead atoms. The van der Waals surface area contributed by atoms with Crippen LogP contribution in [0.5, 0.6) is 11.5 Å². The molecule has 2 heterocycles. The molecule has 0 radical (unpaired) electrons. The van der Waals surface area contributed by atoms with Crippen molar-refractivity contribution in [3.8, 4) is 11.5 Å². The predicted octanol–water partition coefficient (Wildman–Crippen LogP) is 4.48. The maximum absolute atomic E-state index is 13.1. The van der Waals surface area contributed by atoms with E-state index in [1.165, 1.54) is 0 Å². The lowest BCUT2D eigenvalue weighted by molar-refractivity contribution is -0.146. The zero-order valence-electron chi connectivity index (χ0n) is 19.7. The van der Waals surface area contributed by atoms with E-state index in [1.807, 2.05) is 30.3 Å². The first-order valence-electron chi connectivity index (χ1n) is 11.5. The van der Waals surface area contributed by atoms with Crippen LogP contribution in [-0.4, -0.2) is 57.9 Å². The Hall–Kier alpha value is -4.13. The molecule has 0 atom stereocenters. The molecule has 1 saturated heterocycles. The molecule has 1 fully saturated rings. The van der Waals surface area contributed by atoms with Gasteiger partial charge in [-0.1, -0.05) is 18.2 Å². The van der Waals surface area contributed by atoms with E-state index in [4.69, 9.17) is 25.4 Å². The van der Waals surface area contributed by atoms with Crippen molar-refractivity contribution >= 4 is 23.6 Å². The van der Waals surface area contributed by atoms with Gasteiger partial charge in [0.25, 0.3) is 6.02 Å². The normalized spacial score (nSPS) is 14.1. The number of nitrogens with one attached hydrogen (secondary N) is 2. The monoisotopic (exact) mass is 517 g/mol. The number of hydrogen-bond donors (Lipinski definition) is 3. The van der Waals surface area contributed by atoms with E-state index in [0.29, 0.717) is 43.2 Å². The van der Waals surface area contributed by atoms with Crippen molar-refractivity contribution in [3.05, 3.63) is 60.4 Å². The standard InChI is InChI=1S/C24H26F3N7O3/c25-24(26,27)15-34(17-10-12-35-13-11-17)22(29)36-14-20-31-21(28)33-23(32-20)30-16-6-8-19(9-7-16)37-18-4-2-1-3-5-18/h1-9,17,29H,10-15H2,(H3,28,30,31,32,33). The second-order valence-electron chi connectivity index (χ2n) is 8.18. The van der Waals surface area contributed by atoms with Crippen LogP contribution in [0.4, 0.5) is 30.8 Å². The summed E-state index contributed by atoms with van der Waals surface area (Å²) in [5.74, 6) is 1.40. The third kappa shape index (κ3) is 7.93. The van der Waals surface area contributed by atoms with Crippen LogP contribution in [0.1, 0.15) is 18.7 Å². The number of ether oxygens (including phenoxy) is 3. The minimum Gasteiger partial charge on any atom is -0.457 e. The molecule has 3 aromatic rings. The molecule has 1 aromatic heterocycles. The van der Waals surface area contributed by atoms with Crippen molar-refractivity contribution in [1.82, 2.24) is 19.9 Å². The summed E-state index contributed by atoms with van der Waals surface area (Å²) in [6, 6.07) is 15.2. The first kappa shape index (κ1) is 25.9. The number of rotatable bonds is 8. The van der Waals surface area contributed by atoms with E-state index in [-0.39, 0.29) is 24.3 Å². The van der Waals surface area contributed by atoms with Crippen molar-refractivity contribution in [1.29, 1.82) is 5.41 Å². The van der Waals surface area contributed by atoms with E-state index >= 15 is 0 Å². The average Bonchev–Trinajstić information content (AvgIpc) is 2.87. The quantitative estimate of drug-likeness (QED) is 0.292. The van der Waals surface area contributed by atoms with Crippen molar-refractivity contribution in [2.24, 2.45) is 0 Å². The summed E-state index contributed by atoms with van der Waals surface area (Å²) >= 11 is 0. The van der Waals surface area contributed by atoms with Gasteiger partial charge in [0.05, 0.1) is 0 Å². The fraction of sp³-hybridized carbons (Fsp3) is 0.333. The number of hydrogen-bond acceptors (Lipinski definition) is 9. The van der Waals surface area contributed by atoms with Crippen LogP contribution in [0.2, 0.25) is 0 Å². The molecular weight excluding hydrogens is 491 g/mol. The van der Waals surface area contributed by atoms with E-state index in [0.717, 1.165) is 4.90 Å². The summed E-state index contributed by atoms with van der Waals surface area (Å²) in [4.78, 5) is 13.1. The van der Waals surface area contributed by atoms with Crippen LogP contribution >= 0.6 is 0 Å². The lowest BCUT2D eigenvalue weighted by atomic mass is 10.1. The van der Waals surface area contributed by atoms with Crippen LogP contribution in [-0.2, 0) is 16.1 Å². The van der Waals surface area contributed by atoms with Gasteiger partial charge < -0.3 is 30.2 Å². The Bertz CT molecular complexity index is 1170. The zero-order chi connectivity index (χ0) is 26.3. The van der Waals surface area contributed by atoms with Crippen molar-refractivity contribution < 1.29 is 27.4 Å². The Morgan fingerprint density at radius 3 is 2.38 bits per heavy atom. The number of nitrogens with two attached hydrogens (primary N) is 1. The molecule has 13 heteroatoms. The van der Waals surface area contributed by atoms with Gasteiger partial charge in [0, 0.05) is 24.9 Å². The lowest BCUT2D eigenvalue weighted by Gasteiger charge is -2.35. The molecule has 0 aliphatic carbocycles. The highest BCUT2D eigenvalue weighted by molar-refractivity contribution is 5.70. The zero-order valence-corrected chi connectivity index (χ0v) is 19.7. The van der Waals surface area contributed by atoms with E-state index in [2.05, 4.69) is 20.3 Å². The highest BCUT2D eigenvalue weighted by Crippen LogP contribution is 2.25. The smallest absolute Gasteiger partial charge is 0.406 e. The summed E-state index contributed by atoms with van der Waals surface area (Å²) < 4.78 is 55.7. The van der Waals surface area contributed by atoms with Crippen LogP contribution in [0.15, 0.2) is 54.6 Å². The number of para-hydroxylation sites is 1. The SMILES string of the molecule is N=C(OCc1nc(N)nc(Nc2ccc(Oc3ccccc3)cc2)n1)N(CC(F)(F)F)C1CCOCC1. The van der Waals surface area contributed by atoms with Gasteiger partial charge in [-0.2, -0.15) is 28.1 Å². The van der Waals surface area contributed by atoms with Gasteiger partial charge in [0.2, 0.25) is 11.9 Å². The highest BCUT2D eigenvalue weighted by Gasteiger charge is 2.36. The number of benzene rings is 2. The topological polar surface area (TPSA) is 132 Å². The summed E-state index contributed by atoms with van der Waals surface area (Å²) in [5.41, 5.74) is 6.43. The highest BCUT2D eigenvalue weighted by atomic mass is 19.4.